The van der Waals surface area contributed by atoms with E-state index >= 15 is 0 Å². The number of halogens is 1. The van der Waals surface area contributed by atoms with Gasteiger partial charge in [-0.15, -0.1) is 11.3 Å². The molecule has 0 amide bonds. The van der Waals surface area contributed by atoms with Crippen molar-refractivity contribution in [2.24, 2.45) is 0 Å². The number of aromatic nitrogens is 3. The highest BCUT2D eigenvalue weighted by molar-refractivity contribution is 9.09. The molecule has 3 heterocycles. The van der Waals surface area contributed by atoms with Gasteiger partial charge >= 0.3 is 12.2 Å². The Labute approximate surface area is 233 Å². The molecule has 11 heteroatoms. The van der Waals surface area contributed by atoms with E-state index in [1.54, 1.807) is 53.7 Å². The molecular weight excluding hydrogens is 574 g/mol. The minimum atomic E-state index is -0.743. The average molecular weight is 607 g/mol. The van der Waals surface area contributed by atoms with Crippen LogP contribution in [0.15, 0.2) is 30.3 Å². The maximum atomic E-state index is 13.6. The van der Waals surface area contributed by atoms with Crippen LogP contribution in [0.5, 0.6) is 5.75 Å². The van der Waals surface area contributed by atoms with Gasteiger partial charge in [-0.2, -0.15) is 9.78 Å². The molecule has 0 bridgehead atoms. The van der Waals surface area contributed by atoms with Gasteiger partial charge in [0.15, 0.2) is 0 Å². The molecule has 0 atom stereocenters. The van der Waals surface area contributed by atoms with E-state index in [0.717, 1.165) is 17.1 Å². The largest absolute Gasteiger partial charge is 0.493 e. The zero-order chi connectivity index (χ0) is 27.8. The fourth-order valence-electron chi connectivity index (χ4n) is 3.84. The molecule has 0 aliphatic rings. The molecule has 1 N–H and O–H groups in total. The first-order chi connectivity index (χ1) is 17.8. The zero-order valence-electron chi connectivity index (χ0n) is 22.3. The van der Waals surface area contributed by atoms with Gasteiger partial charge in [0.1, 0.15) is 22.6 Å². The minimum Gasteiger partial charge on any atom is -0.493 e. The molecule has 0 aliphatic heterocycles. The smallest absolute Gasteiger partial charge is 0.435 e. The first kappa shape index (κ1) is 28.1. The molecule has 204 valence electrons. The van der Waals surface area contributed by atoms with Gasteiger partial charge in [0.2, 0.25) is 0 Å². The number of fused-ring (bicyclic) bond motifs is 2. The Kier molecular flexibility index (Phi) is 7.92. The van der Waals surface area contributed by atoms with Crippen LogP contribution in [0.2, 0.25) is 0 Å². The number of ether oxygens (including phenoxy) is 3. The summed E-state index contributed by atoms with van der Waals surface area (Å²) >= 11 is 4.70. The lowest BCUT2D eigenvalue weighted by Crippen LogP contribution is -2.28. The van der Waals surface area contributed by atoms with Gasteiger partial charge in [0.05, 0.1) is 34.6 Å². The molecule has 0 saturated heterocycles. The Balaban J connectivity index is 1.94. The second-order valence-corrected chi connectivity index (χ2v) is 12.7. The second kappa shape index (κ2) is 10.7. The lowest BCUT2D eigenvalue weighted by molar-refractivity contribution is 0.0520. The molecule has 1 aromatic carbocycles. The maximum Gasteiger partial charge on any atom is 0.435 e. The Hall–Kier alpha value is -2.89. The molecule has 3 aromatic heterocycles. The topological polar surface area (TPSA) is 105 Å². The van der Waals surface area contributed by atoms with Crippen LogP contribution < -0.4 is 4.74 Å². The van der Waals surface area contributed by atoms with Crippen LogP contribution in [-0.2, 0) is 16.1 Å². The normalized spacial score (nSPS) is 12.3. The van der Waals surface area contributed by atoms with Crippen LogP contribution in [0.1, 0.15) is 52.8 Å². The molecule has 0 spiro atoms. The molecular formula is C27H32BrN3O6S. The number of hydrogen-bond donors (Lipinski definition) is 1. The second-order valence-electron chi connectivity index (χ2n) is 10.8. The number of aliphatic hydroxyl groups excluding tert-OH is 1. The van der Waals surface area contributed by atoms with Crippen LogP contribution in [0.25, 0.3) is 32.5 Å². The molecule has 9 nitrogen and oxygen atoms in total. The van der Waals surface area contributed by atoms with Crippen molar-refractivity contribution in [1.82, 2.24) is 14.3 Å². The van der Waals surface area contributed by atoms with Crippen molar-refractivity contribution >= 4 is 60.6 Å². The SMILES string of the molecule is CC(C)(C)OC(=O)n1nc(-c2cc3ccc(OCCCBr)cc3n2C(=O)OC(C)(C)C)c2sc(CO)cc21. The number of nitrogens with zero attached hydrogens (tertiary/aromatic N) is 3. The lowest BCUT2D eigenvalue weighted by Gasteiger charge is -2.21. The molecule has 38 heavy (non-hydrogen) atoms. The highest BCUT2D eigenvalue weighted by atomic mass is 79.9. The summed E-state index contributed by atoms with van der Waals surface area (Å²) < 4.78 is 20.5. The number of carbonyl (C=O) groups is 2. The van der Waals surface area contributed by atoms with Crippen molar-refractivity contribution < 1.29 is 28.9 Å². The third kappa shape index (κ3) is 6.05. The number of carbonyl (C=O) groups excluding carboxylic acids is 2. The summed E-state index contributed by atoms with van der Waals surface area (Å²) in [5.74, 6) is 0.621. The van der Waals surface area contributed by atoms with Crippen LogP contribution >= 0.6 is 27.3 Å². The third-order valence-electron chi connectivity index (χ3n) is 5.27. The van der Waals surface area contributed by atoms with Crippen molar-refractivity contribution in [1.29, 1.82) is 0 Å². The number of aliphatic hydroxyl groups is 1. The lowest BCUT2D eigenvalue weighted by atomic mass is 10.2. The van der Waals surface area contributed by atoms with Crippen molar-refractivity contribution in [3.05, 3.63) is 35.2 Å². The standard InChI is InChI=1S/C27H32BrN3O6S/c1-26(2,3)36-24(33)30-19-13-17(35-11-7-10-28)9-8-16(19)12-20(30)22-23-21(14-18(15-32)38-23)31(29-22)25(34)37-27(4,5)6/h8-9,12-14,32H,7,10-11,15H2,1-6H3. The fraction of sp³-hybridized carbons (Fsp3) is 0.444. The van der Waals surface area contributed by atoms with E-state index < -0.39 is 23.4 Å². The first-order valence-corrected chi connectivity index (χ1v) is 14.2. The molecule has 0 aliphatic carbocycles. The number of hydrogen-bond acceptors (Lipinski definition) is 8. The van der Waals surface area contributed by atoms with Gasteiger partial charge in [0, 0.05) is 21.7 Å². The monoisotopic (exact) mass is 605 g/mol. The quantitative estimate of drug-likeness (QED) is 0.187. The Morgan fingerprint density at radius 1 is 1.00 bits per heavy atom. The average Bonchev–Trinajstić information content (AvgIpc) is 3.47. The molecule has 4 rings (SSSR count). The summed E-state index contributed by atoms with van der Waals surface area (Å²) in [6.07, 6.45) is -0.403. The first-order valence-electron chi connectivity index (χ1n) is 12.2. The number of rotatable bonds is 6. The summed E-state index contributed by atoms with van der Waals surface area (Å²) in [6, 6.07) is 9.06. The maximum absolute atomic E-state index is 13.6. The van der Waals surface area contributed by atoms with Crippen LogP contribution in [-0.4, -0.2) is 54.8 Å². The van der Waals surface area contributed by atoms with E-state index in [2.05, 4.69) is 21.0 Å². The van der Waals surface area contributed by atoms with Crippen molar-refractivity contribution in [2.75, 3.05) is 11.9 Å². The number of alkyl halides is 1. The van der Waals surface area contributed by atoms with Crippen molar-refractivity contribution in [2.45, 2.75) is 65.8 Å². The summed E-state index contributed by atoms with van der Waals surface area (Å²) in [5.41, 5.74) is 0.451. The summed E-state index contributed by atoms with van der Waals surface area (Å²) in [4.78, 5) is 27.3. The van der Waals surface area contributed by atoms with E-state index in [0.29, 0.717) is 44.4 Å². The predicted octanol–water partition coefficient (Wildman–Crippen LogP) is 6.94. The highest BCUT2D eigenvalue weighted by Gasteiger charge is 2.29. The molecule has 4 aromatic rings. The van der Waals surface area contributed by atoms with E-state index in [1.165, 1.54) is 20.6 Å². The predicted molar refractivity (Wildman–Crippen MR) is 152 cm³/mol. The van der Waals surface area contributed by atoms with Crippen LogP contribution in [0.4, 0.5) is 9.59 Å². The molecule has 0 fully saturated rings. The zero-order valence-corrected chi connectivity index (χ0v) is 24.7. The van der Waals surface area contributed by atoms with Gasteiger partial charge < -0.3 is 19.3 Å². The minimum absolute atomic E-state index is 0.197. The number of benzene rings is 1. The molecule has 0 saturated carbocycles. The summed E-state index contributed by atoms with van der Waals surface area (Å²) in [6.45, 7) is 11.0. The Morgan fingerprint density at radius 2 is 1.68 bits per heavy atom. The third-order valence-corrected chi connectivity index (χ3v) is 6.95. The Morgan fingerprint density at radius 3 is 2.32 bits per heavy atom. The van der Waals surface area contributed by atoms with Crippen molar-refractivity contribution in [3.63, 3.8) is 0 Å². The molecule has 0 radical (unpaired) electrons. The fourth-order valence-corrected chi connectivity index (χ4v) is 5.06. The van der Waals surface area contributed by atoms with E-state index in [-0.39, 0.29) is 6.61 Å². The highest BCUT2D eigenvalue weighted by Crippen LogP contribution is 2.38. The van der Waals surface area contributed by atoms with Gasteiger partial charge in [-0.3, -0.25) is 0 Å². The van der Waals surface area contributed by atoms with Crippen LogP contribution in [0, 0.1) is 0 Å². The van der Waals surface area contributed by atoms with Crippen LogP contribution in [0.3, 0.4) is 0 Å². The molecule has 0 unspecified atom stereocenters. The Bertz CT molecular complexity index is 1490. The van der Waals surface area contributed by atoms with Gasteiger partial charge in [-0.1, -0.05) is 15.9 Å². The summed E-state index contributed by atoms with van der Waals surface area (Å²) in [7, 11) is 0. The van der Waals surface area contributed by atoms with E-state index in [4.69, 9.17) is 14.2 Å². The van der Waals surface area contributed by atoms with Gasteiger partial charge in [0.25, 0.3) is 0 Å². The van der Waals surface area contributed by atoms with Gasteiger partial charge in [-0.25, -0.2) is 14.2 Å². The van der Waals surface area contributed by atoms with E-state index in [1.807, 2.05) is 18.2 Å². The van der Waals surface area contributed by atoms with Gasteiger partial charge in [-0.05, 0) is 72.2 Å². The summed E-state index contributed by atoms with van der Waals surface area (Å²) in [5, 5.41) is 16.0. The number of thiophene rings is 1. The van der Waals surface area contributed by atoms with E-state index in [9.17, 15) is 14.7 Å². The van der Waals surface area contributed by atoms with Crippen molar-refractivity contribution in [3.8, 4) is 17.1 Å².